The number of aryl methyl sites for hydroxylation is 2. The van der Waals surface area contributed by atoms with Crippen LogP contribution in [0.15, 0.2) is 150 Å². The van der Waals surface area contributed by atoms with Crippen molar-refractivity contribution in [3.05, 3.63) is 162 Å². The zero-order valence-electron chi connectivity index (χ0n) is 33.2. The first-order valence-electron chi connectivity index (χ1n) is 18.8. The van der Waals surface area contributed by atoms with Crippen LogP contribution in [-0.4, -0.2) is 59.8 Å². The quantitative estimate of drug-likeness (QED) is 0.140. The fraction of sp³-hybridized carbons (Fsp3) is 0.0851. The van der Waals surface area contributed by atoms with Crippen LogP contribution in [0, 0.1) is 13.8 Å². The van der Waals surface area contributed by atoms with Gasteiger partial charge in [-0.1, -0.05) is 97.1 Å². The molecule has 6 aromatic carbocycles. The Morgan fingerprint density at radius 2 is 0.823 bits per heavy atom. The van der Waals surface area contributed by atoms with Crippen LogP contribution in [0.2, 0.25) is 0 Å². The second kappa shape index (κ2) is 17.5. The van der Waals surface area contributed by atoms with Crippen LogP contribution in [-0.2, 0) is 9.84 Å². The van der Waals surface area contributed by atoms with E-state index in [-0.39, 0.29) is 40.3 Å². The molecule has 0 saturated carbocycles. The van der Waals surface area contributed by atoms with E-state index in [0.717, 1.165) is 34.4 Å². The molecule has 0 atom stereocenters. The number of Topliss-reactive ketones (excluding diaryl/α,β-unsaturated/α-hetero) is 1. The zero-order chi connectivity index (χ0) is 44.2. The predicted octanol–water partition coefficient (Wildman–Crippen LogP) is 10.3. The lowest BCUT2D eigenvalue weighted by Crippen LogP contribution is -2.23. The Labute approximate surface area is 354 Å². The van der Waals surface area contributed by atoms with Gasteiger partial charge in [0, 0.05) is 27.8 Å². The van der Waals surface area contributed by atoms with Crippen LogP contribution in [0.5, 0.6) is 11.5 Å². The van der Waals surface area contributed by atoms with Crippen LogP contribution in [0.1, 0.15) is 28.4 Å². The summed E-state index contributed by atoms with van der Waals surface area (Å²) in [5.74, 6) is 2.00. The van der Waals surface area contributed by atoms with E-state index in [1.165, 1.54) is 19.1 Å². The van der Waals surface area contributed by atoms with Crippen molar-refractivity contribution in [2.24, 2.45) is 0 Å². The van der Waals surface area contributed by atoms with Crippen molar-refractivity contribution in [3.63, 3.8) is 0 Å². The number of nitrogens with zero attached hydrogens (tertiary/aromatic N) is 6. The number of benzene rings is 6. The summed E-state index contributed by atoms with van der Waals surface area (Å²) in [5, 5.41) is 20.8. The summed E-state index contributed by atoms with van der Waals surface area (Å²) in [7, 11) is -5.47. The first-order chi connectivity index (χ1) is 29.6. The molecule has 2 N–H and O–H groups in total. The fourth-order valence-corrected chi connectivity index (χ4v) is 6.88. The van der Waals surface area contributed by atoms with Crippen molar-refractivity contribution < 1.29 is 36.6 Å². The molecule has 0 unspecified atom stereocenters. The number of hydrogen-bond acceptors (Lipinski definition) is 11. The normalized spacial score (nSPS) is 11.4. The van der Waals surface area contributed by atoms with Crippen LogP contribution in [0.4, 0.5) is 13.2 Å². The average Bonchev–Trinajstić information content (AvgIpc) is 3.26. The van der Waals surface area contributed by atoms with E-state index in [0.29, 0.717) is 39.7 Å². The molecule has 11 nitrogen and oxygen atoms in total. The molecule has 2 aromatic heterocycles. The highest BCUT2D eigenvalue weighted by molar-refractivity contribution is 7.92. The van der Waals surface area contributed by atoms with Crippen molar-refractivity contribution >= 4 is 15.6 Å². The topological polar surface area (TPSA) is 169 Å². The molecule has 0 aliphatic carbocycles. The summed E-state index contributed by atoms with van der Waals surface area (Å²) in [6.45, 7) is 5.26. The third kappa shape index (κ3) is 9.37. The molecule has 0 bridgehead atoms. The lowest BCUT2D eigenvalue weighted by Gasteiger charge is -2.11. The third-order valence-electron chi connectivity index (χ3n) is 9.40. The number of hydrogen-bond donors (Lipinski definition) is 2. The number of aromatic nitrogens is 6. The second-order valence-electron chi connectivity index (χ2n) is 14.0. The standard InChI is InChI=1S/C24H19N3O2.C23H16F3N3O3S/c1-15-8-13-20(21(29)14-15)24-26-22(18-6-4-3-5-7-18)25-23(27-24)19-11-9-17(10-12-19)16(2)28;1-14-7-12-18(19(30)13-14)22-28-20(15-5-3-2-4-6-15)27-21(29-22)16-8-10-17(11-9-16)33(31,32)23(24,25)26/h3-14,29H,1-2H3;2-13,30H,1H3. The Balaban J connectivity index is 0.000000188. The molecule has 0 aliphatic heterocycles. The van der Waals surface area contributed by atoms with Gasteiger partial charge in [0.05, 0.1) is 16.0 Å². The number of ketones is 1. The van der Waals surface area contributed by atoms with E-state index in [1.54, 1.807) is 66.7 Å². The van der Waals surface area contributed by atoms with Gasteiger partial charge < -0.3 is 10.2 Å². The Kier molecular flexibility index (Phi) is 12.0. The molecule has 0 amide bonds. The van der Waals surface area contributed by atoms with E-state index in [2.05, 4.69) is 29.9 Å². The molecule has 0 radical (unpaired) electrons. The van der Waals surface area contributed by atoms with E-state index in [4.69, 9.17) is 0 Å². The summed E-state index contributed by atoms with van der Waals surface area (Å²) in [6.07, 6.45) is 0. The van der Waals surface area contributed by atoms with Gasteiger partial charge in [0.2, 0.25) is 0 Å². The van der Waals surface area contributed by atoms with E-state index in [9.17, 15) is 36.6 Å². The van der Waals surface area contributed by atoms with Gasteiger partial charge in [0.1, 0.15) is 11.5 Å². The van der Waals surface area contributed by atoms with Crippen LogP contribution >= 0.6 is 0 Å². The number of carbonyl (C=O) groups is 1. The number of phenolic OH excluding ortho intramolecular Hbond substituents is 2. The van der Waals surface area contributed by atoms with Gasteiger partial charge in [-0.25, -0.2) is 38.3 Å². The molecule has 0 aliphatic rings. The molecule has 8 aromatic rings. The minimum atomic E-state index is -5.47. The minimum absolute atomic E-state index is 0.00226. The molecule has 0 fully saturated rings. The lowest BCUT2D eigenvalue weighted by atomic mass is 10.1. The van der Waals surface area contributed by atoms with Gasteiger partial charge >= 0.3 is 5.51 Å². The van der Waals surface area contributed by atoms with Gasteiger partial charge in [-0.3, -0.25) is 4.79 Å². The maximum Gasteiger partial charge on any atom is 0.501 e. The Morgan fingerprint density at radius 3 is 1.16 bits per heavy atom. The zero-order valence-corrected chi connectivity index (χ0v) is 34.0. The number of rotatable bonds is 8. The van der Waals surface area contributed by atoms with Crippen LogP contribution in [0.3, 0.4) is 0 Å². The van der Waals surface area contributed by atoms with E-state index < -0.39 is 20.2 Å². The van der Waals surface area contributed by atoms with Crippen LogP contribution in [0.25, 0.3) is 68.3 Å². The summed E-state index contributed by atoms with van der Waals surface area (Å²) < 4.78 is 61.8. The SMILES string of the molecule is CC(=O)c1ccc(-c2nc(-c3ccccc3)nc(-c3ccc(C)cc3O)n2)cc1.Cc1ccc(-c2nc(-c3ccccc3)nc(-c3ccc(S(=O)(=O)C(F)(F)F)cc3)n2)c(O)c1. The van der Waals surface area contributed by atoms with Gasteiger partial charge in [0.25, 0.3) is 9.84 Å². The Bertz CT molecular complexity index is 3030. The summed E-state index contributed by atoms with van der Waals surface area (Å²) >= 11 is 0. The molecule has 310 valence electrons. The van der Waals surface area contributed by atoms with Gasteiger partial charge in [-0.15, -0.1) is 0 Å². The number of aromatic hydroxyl groups is 2. The largest absolute Gasteiger partial charge is 0.507 e. The Morgan fingerprint density at radius 1 is 0.484 bits per heavy atom. The van der Waals surface area contributed by atoms with Crippen molar-refractivity contribution in [2.45, 2.75) is 31.2 Å². The van der Waals surface area contributed by atoms with Crippen LogP contribution < -0.4 is 0 Å². The van der Waals surface area contributed by atoms with Crippen molar-refractivity contribution in [1.29, 1.82) is 0 Å². The lowest BCUT2D eigenvalue weighted by molar-refractivity contribution is -0.0436. The summed E-state index contributed by atoms with van der Waals surface area (Å²) in [5.41, 5.74) is 0.440. The monoisotopic (exact) mass is 852 g/mol. The third-order valence-corrected chi connectivity index (χ3v) is 10.9. The number of alkyl halides is 3. The van der Waals surface area contributed by atoms with Crippen molar-refractivity contribution in [1.82, 2.24) is 29.9 Å². The van der Waals surface area contributed by atoms with E-state index >= 15 is 0 Å². The molecule has 2 heterocycles. The minimum Gasteiger partial charge on any atom is -0.507 e. The maximum absolute atomic E-state index is 12.8. The summed E-state index contributed by atoms with van der Waals surface area (Å²) in [4.78, 5) is 37.8. The molecular formula is C47H35F3N6O5S. The highest BCUT2D eigenvalue weighted by Crippen LogP contribution is 2.34. The van der Waals surface area contributed by atoms with Gasteiger partial charge in [-0.05, 0) is 80.4 Å². The number of halogens is 3. The molecule has 0 saturated heterocycles. The smallest absolute Gasteiger partial charge is 0.501 e. The van der Waals surface area contributed by atoms with Crippen molar-refractivity contribution in [3.8, 4) is 79.8 Å². The molecular weight excluding hydrogens is 818 g/mol. The highest BCUT2D eigenvalue weighted by Gasteiger charge is 2.46. The van der Waals surface area contributed by atoms with Crippen molar-refractivity contribution in [2.75, 3.05) is 0 Å². The van der Waals surface area contributed by atoms with Gasteiger partial charge in [-0.2, -0.15) is 13.2 Å². The molecule has 8 rings (SSSR count). The molecule has 0 spiro atoms. The number of carbonyl (C=O) groups excluding carboxylic acids is 1. The highest BCUT2D eigenvalue weighted by atomic mass is 32.2. The molecule has 62 heavy (non-hydrogen) atoms. The Hall–Kier alpha value is -7.65. The van der Waals surface area contributed by atoms with Gasteiger partial charge in [0.15, 0.2) is 40.7 Å². The maximum atomic E-state index is 12.8. The van der Waals surface area contributed by atoms with E-state index in [1.807, 2.05) is 68.4 Å². The number of sulfone groups is 1. The number of phenols is 2. The average molecular weight is 853 g/mol. The summed E-state index contributed by atoms with van der Waals surface area (Å²) in [6, 6.07) is 40.2. The second-order valence-corrected chi connectivity index (χ2v) is 15.9. The fourth-order valence-electron chi connectivity index (χ4n) is 6.12. The first kappa shape index (κ1) is 42.5. The predicted molar refractivity (Wildman–Crippen MR) is 228 cm³/mol. The first-order valence-corrected chi connectivity index (χ1v) is 20.3. The molecule has 15 heteroatoms.